The number of para-hydroxylation sites is 4. The zero-order valence-corrected chi connectivity index (χ0v) is 43.0. The Balaban J connectivity index is 1.00. The molecule has 11 aromatic carbocycles. The zero-order valence-electron chi connectivity index (χ0n) is 43.0. The lowest BCUT2D eigenvalue weighted by atomic mass is 9.98. The standard InChI is InChI=1S/C72H54N4/c1-45(2)47-31-35-51(36-32-47)73(61-27-15-11-23-53(61)49-19-7-5-8-20-49)65-41-39-55-59-43-68-60(44-67(59)75-63-29-17-13-25-57(63)69(65)71(55)75)56-40-42-66(70-58-26-14-18-30-64(58)76(68)72(56)70)74(52-37-33-48(34-38-52)46(3)4)62-28-16-12-24-54(62)50-21-9-6-10-22-50/h5-46H,1-4H3. The molecule has 0 N–H and O–H groups in total. The summed E-state index contributed by atoms with van der Waals surface area (Å²) in [7, 11) is 0. The second-order valence-electron chi connectivity index (χ2n) is 21.2. The van der Waals surface area contributed by atoms with Crippen LogP contribution < -0.4 is 9.80 Å². The summed E-state index contributed by atoms with van der Waals surface area (Å²) in [4.78, 5) is 5.00. The third kappa shape index (κ3) is 6.50. The van der Waals surface area contributed by atoms with E-state index >= 15 is 0 Å². The largest absolute Gasteiger partial charge is 0.309 e. The van der Waals surface area contributed by atoms with E-state index < -0.39 is 0 Å². The van der Waals surface area contributed by atoms with Gasteiger partial charge in [-0.1, -0.05) is 198 Å². The van der Waals surface area contributed by atoms with E-state index in [1.807, 2.05) is 0 Å². The molecule has 0 atom stereocenters. The Kier molecular flexibility index (Phi) is 9.93. The van der Waals surface area contributed by atoms with E-state index in [1.165, 1.54) is 110 Å². The minimum absolute atomic E-state index is 0.427. The predicted octanol–water partition coefficient (Wildman–Crippen LogP) is 20.5. The van der Waals surface area contributed by atoms with Crippen LogP contribution in [0, 0.1) is 0 Å². The summed E-state index contributed by atoms with van der Waals surface area (Å²) in [6, 6.07) is 90.4. The summed E-state index contributed by atoms with van der Waals surface area (Å²) in [5.41, 5.74) is 21.6. The summed E-state index contributed by atoms with van der Waals surface area (Å²) in [6.07, 6.45) is 0. The Bertz CT molecular complexity index is 4380. The fourth-order valence-corrected chi connectivity index (χ4v) is 12.7. The second kappa shape index (κ2) is 17.1. The highest BCUT2D eigenvalue weighted by atomic mass is 15.2. The van der Waals surface area contributed by atoms with Crippen molar-refractivity contribution in [2.75, 3.05) is 9.80 Å². The van der Waals surface area contributed by atoms with Gasteiger partial charge in [-0.2, -0.15) is 0 Å². The van der Waals surface area contributed by atoms with Crippen LogP contribution in [0.5, 0.6) is 0 Å². The highest BCUT2D eigenvalue weighted by molar-refractivity contribution is 6.32. The van der Waals surface area contributed by atoms with Gasteiger partial charge < -0.3 is 18.6 Å². The van der Waals surface area contributed by atoms with Gasteiger partial charge in [0.25, 0.3) is 0 Å². The first-order chi connectivity index (χ1) is 37.4. The average molecular weight is 975 g/mol. The first kappa shape index (κ1) is 44.1. The van der Waals surface area contributed by atoms with E-state index in [2.05, 4.69) is 289 Å². The minimum Gasteiger partial charge on any atom is -0.309 e. The molecule has 0 fully saturated rings. The predicted molar refractivity (Wildman–Crippen MR) is 324 cm³/mol. The Labute approximate surface area is 442 Å². The molecule has 0 saturated carbocycles. The number of fused-ring (bicyclic) bond motifs is 12. The molecule has 15 aromatic rings. The first-order valence-corrected chi connectivity index (χ1v) is 26.8. The summed E-state index contributed by atoms with van der Waals surface area (Å²) >= 11 is 0. The van der Waals surface area contributed by atoms with Crippen molar-refractivity contribution >= 4 is 110 Å². The summed E-state index contributed by atoms with van der Waals surface area (Å²) in [6.45, 7) is 9.07. The van der Waals surface area contributed by atoms with Crippen LogP contribution >= 0.6 is 0 Å². The number of benzene rings is 11. The van der Waals surface area contributed by atoms with E-state index in [-0.39, 0.29) is 0 Å². The third-order valence-electron chi connectivity index (χ3n) is 16.3. The Hall–Kier alpha value is -9.38. The first-order valence-electron chi connectivity index (χ1n) is 26.8. The summed E-state index contributed by atoms with van der Waals surface area (Å²) in [5, 5.41) is 9.96. The Morgan fingerprint density at radius 1 is 0.289 bits per heavy atom. The van der Waals surface area contributed by atoms with E-state index in [1.54, 1.807) is 0 Å². The second-order valence-corrected chi connectivity index (χ2v) is 21.2. The van der Waals surface area contributed by atoms with E-state index in [4.69, 9.17) is 0 Å². The third-order valence-corrected chi connectivity index (χ3v) is 16.3. The van der Waals surface area contributed by atoms with Crippen molar-refractivity contribution in [2.45, 2.75) is 39.5 Å². The molecule has 0 aliphatic heterocycles. The molecule has 0 saturated heterocycles. The number of hydrogen-bond donors (Lipinski definition) is 0. The fraction of sp³-hybridized carbons (Fsp3) is 0.0833. The van der Waals surface area contributed by atoms with Crippen molar-refractivity contribution in [1.29, 1.82) is 0 Å². The quantitative estimate of drug-likeness (QED) is 0.136. The van der Waals surface area contributed by atoms with Gasteiger partial charge in [0.1, 0.15) is 0 Å². The van der Waals surface area contributed by atoms with Gasteiger partial charge in [0, 0.05) is 65.6 Å². The van der Waals surface area contributed by atoms with Crippen molar-refractivity contribution < 1.29 is 0 Å². The van der Waals surface area contributed by atoms with E-state index in [9.17, 15) is 0 Å². The molecule has 362 valence electrons. The van der Waals surface area contributed by atoms with Gasteiger partial charge >= 0.3 is 0 Å². The molecule has 0 unspecified atom stereocenters. The van der Waals surface area contributed by atoms with Gasteiger partial charge in [-0.25, -0.2) is 0 Å². The lowest BCUT2D eigenvalue weighted by Gasteiger charge is -2.29. The number of hydrogen-bond acceptors (Lipinski definition) is 2. The molecule has 15 rings (SSSR count). The Morgan fingerprint density at radius 3 is 1.07 bits per heavy atom. The maximum absolute atomic E-state index is 2.56. The van der Waals surface area contributed by atoms with Crippen LogP contribution in [0.25, 0.3) is 98.4 Å². The SMILES string of the molecule is CC(C)c1ccc(N(c2ccccc2-c2ccccc2)c2ccc3c4cc5c(cc4n4c6ccccc6c2c34)c2ccc(N(c3ccc(C(C)C)cc3)c3ccccc3-c3ccccc3)c3c4ccccc4n5c23)cc1. The Morgan fingerprint density at radius 2 is 0.658 bits per heavy atom. The van der Waals surface area contributed by atoms with Crippen LogP contribution in [0.1, 0.15) is 50.7 Å². The molecule has 4 heteroatoms. The van der Waals surface area contributed by atoms with Gasteiger partial charge in [0.05, 0.1) is 55.8 Å². The van der Waals surface area contributed by atoms with Crippen LogP contribution in [0.4, 0.5) is 34.1 Å². The molecule has 4 nitrogen and oxygen atoms in total. The van der Waals surface area contributed by atoms with Crippen molar-refractivity contribution in [3.8, 4) is 22.3 Å². The van der Waals surface area contributed by atoms with Crippen LogP contribution in [-0.2, 0) is 0 Å². The normalized spacial score (nSPS) is 12.2. The van der Waals surface area contributed by atoms with Gasteiger partial charge in [0.15, 0.2) is 0 Å². The minimum atomic E-state index is 0.427. The van der Waals surface area contributed by atoms with Crippen molar-refractivity contribution in [3.05, 3.63) is 254 Å². The maximum Gasteiger partial charge on any atom is 0.0641 e. The van der Waals surface area contributed by atoms with Crippen LogP contribution in [0.2, 0.25) is 0 Å². The molecule has 0 bridgehead atoms. The van der Waals surface area contributed by atoms with Crippen molar-refractivity contribution in [1.82, 2.24) is 8.80 Å². The fourth-order valence-electron chi connectivity index (χ4n) is 12.7. The number of anilines is 6. The molecule has 0 aliphatic rings. The monoisotopic (exact) mass is 974 g/mol. The molecule has 0 amide bonds. The topological polar surface area (TPSA) is 15.3 Å². The van der Waals surface area contributed by atoms with Crippen molar-refractivity contribution in [2.24, 2.45) is 0 Å². The molecule has 0 aliphatic carbocycles. The lowest BCUT2D eigenvalue weighted by molar-refractivity contribution is 0.866. The van der Waals surface area contributed by atoms with Crippen LogP contribution in [-0.4, -0.2) is 8.80 Å². The van der Waals surface area contributed by atoms with E-state index in [0.717, 1.165) is 34.1 Å². The molecule has 0 spiro atoms. The van der Waals surface area contributed by atoms with Crippen LogP contribution in [0.15, 0.2) is 243 Å². The smallest absolute Gasteiger partial charge is 0.0641 e. The highest BCUT2D eigenvalue weighted by Crippen LogP contribution is 2.53. The molecular weight excluding hydrogens is 921 g/mol. The summed E-state index contributed by atoms with van der Waals surface area (Å²) in [5.74, 6) is 0.855. The van der Waals surface area contributed by atoms with E-state index in [0.29, 0.717) is 11.8 Å². The summed E-state index contributed by atoms with van der Waals surface area (Å²) < 4.78 is 5.12. The molecule has 76 heavy (non-hydrogen) atoms. The van der Waals surface area contributed by atoms with Gasteiger partial charge in [-0.05, 0) is 107 Å². The lowest BCUT2D eigenvalue weighted by Crippen LogP contribution is -2.12. The zero-order chi connectivity index (χ0) is 50.8. The van der Waals surface area contributed by atoms with Gasteiger partial charge in [-0.3, -0.25) is 0 Å². The number of rotatable bonds is 10. The highest BCUT2D eigenvalue weighted by Gasteiger charge is 2.29. The molecule has 4 aromatic heterocycles. The van der Waals surface area contributed by atoms with Gasteiger partial charge in [-0.15, -0.1) is 0 Å². The molecular formula is C72H54N4. The van der Waals surface area contributed by atoms with Crippen LogP contribution in [0.3, 0.4) is 0 Å². The van der Waals surface area contributed by atoms with Crippen molar-refractivity contribution in [3.63, 3.8) is 0 Å². The number of nitrogens with zero attached hydrogens (tertiary/aromatic N) is 4. The maximum atomic E-state index is 2.56. The molecule has 4 heterocycles. The number of aromatic nitrogens is 2. The van der Waals surface area contributed by atoms with Gasteiger partial charge in [0.2, 0.25) is 0 Å². The average Bonchev–Trinajstić information content (AvgIpc) is 4.41. The molecule has 0 radical (unpaired) electrons.